The molecule has 56 valence electrons. The van der Waals surface area contributed by atoms with Crippen molar-refractivity contribution >= 4 is 6.09 Å². The van der Waals surface area contributed by atoms with Crippen LogP contribution >= 0.6 is 0 Å². The van der Waals surface area contributed by atoms with Crippen molar-refractivity contribution in [2.75, 3.05) is 6.61 Å². The highest BCUT2D eigenvalue weighted by Crippen LogP contribution is 2.40. The molecule has 0 bridgehead atoms. The molecule has 0 spiro atoms. The average molecular weight is 141 g/mol. The number of fused-ring (bicyclic) bond motifs is 1. The zero-order valence-corrected chi connectivity index (χ0v) is 6.02. The van der Waals surface area contributed by atoms with E-state index in [1.54, 1.807) is 0 Å². The zero-order chi connectivity index (χ0) is 7.19. The molecule has 0 aromatic heterocycles. The van der Waals surface area contributed by atoms with Crippen molar-refractivity contribution in [3.05, 3.63) is 0 Å². The van der Waals surface area contributed by atoms with Crippen LogP contribution in [0.2, 0.25) is 0 Å². The molecule has 0 unspecified atom stereocenters. The number of carbonyl (C=O) groups excluding carboxylic acids is 1. The van der Waals surface area contributed by atoms with Crippen molar-refractivity contribution in [2.24, 2.45) is 5.92 Å². The molecule has 0 aromatic carbocycles. The van der Waals surface area contributed by atoms with Gasteiger partial charge >= 0.3 is 6.09 Å². The van der Waals surface area contributed by atoms with Crippen LogP contribution in [0.25, 0.3) is 0 Å². The lowest BCUT2D eigenvalue weighted by Gasteiger charge is -2.49. The van der Waals surface area contributed by atoms with E-state index in [1.807, 2.05) is 0 Å². The second-order valence-electron chi connectivity index (χ2n) is 3.38. The van der Waals surface area contributed by atoms with Crippen LogP contribution in [0.15, 0.2) is 0 Å². The second-order valence-corrected chi connectivity index (χ2v) is 3.38. The molecule has 2 fully saturated rings. The Morgan fingerprint density at radius 2 is 2.60 bits per heavy atom. The average Bonchev–Trinajstić information content (AvgIpc) is 1.83. The van der Waals surface area contributed by atoms with Crippen LogP contribution in [0.3, 0.4) is 0 Å². The normalized spacial score (nSPS) is 44.5. The number of ether oxygens (including phenoxy) is 1. The Morgan fingerprint density at radius 3 is 3.00 bits per heavy atom. The molecular formula is C7H11NO2. The van der Waals surface area contributed by atoms with Crippen LogP contribution in [0.1, 0.15) is 19.8 Å². The molecule has 1 saturated carbocycles. The molecule has 0 aromatic rings. The Hall–Kier alpha value is -0.730. The molecule has 1 amide bonds. The molecule has 10 heavy (non-hydrogen) atoms. The summed E-state index contributed by atoms with van der Waals surface area (Å²) >= 11 is 0. The number of rotatable bonds is 0. The zero-order valence-electron chi connectivity index (χ0n) is 6.02. The molecule has 1 N–H and O–H groups in total. The van der Waals surface area contributed by atoms with Crippen LogP contribution in [-0.2, 0) is 4.74 Å². The number of amides is 1. The summed E-state index contributed by atoms with van der Waals surface area (Å²) in [6.07, 6.45) is 2.04. The first-order valence-electron chi connectivity index (χ1n) is 3.66. The van der Waals surface area contributed by atoms with Crippen molar-refractivity contribution in [1.29, 1.82) is 0 Å². The largest absolute Gasteiger partial charge is 0.449 e. The molecular weight excluding hydrogens is 130 g/mol. The fourth-order valence-corrected chi connectivity index (χ4v) is 1.66. The Balaban J connectivity index is 2.11. The van der Waals surface area contributed by atoms with E-state index in [4.69, 9.17) is 4.74 Å². The third-order valence-corrected chi connectivity index (χ3v) is 2.72. The number of nitrogens with one attached hydrogen (secondary N) is 1. The summed E-state index contributed by atoms with van der Waals surface area (Å²) in [5, 5.41) is 2.83. The number of hydrogen-bond donors (Lipinski definition) is 1. The predicted octanol–water partition coefficient (Wildman–Crippen LogP) is 0.895. The molecule has 3 heteroatoms. The number of cyclic esters (lactones) is 1. The molecule has 1 saturated heterocycles. The SMILES string of the molecule is C[C@@]12CC[C@@H]1COC(=O)N2. The second kappa shape index (κ2) is 1.65. The minimum atomic E-state index is -0.251. The fraction of sp³-hybridized carbons (Fsp3) is 0.857. The molecule has 3 nitrogen and oxygen atoms in total. The van der Waals surface area contributed by atoms with Gasteiger partial charge in [0.25, 0.3) is 0 Å². The van der Waals surface area contributed by atoms with Gasteiger partial charge in [0.2, 0.25) is 0 Å². The van der Waals surface area contributed by atoms with Crippen LogP contribution < -0.4 is 5.32 Å². The van der Waals surface area contributed by atoms with Gasteiger partial charge in [-0.3, -0.25) is 0 Å². The Bertz CT molecular complexity index is 180. The quantitative estimate of drug-likeness (QED) is 0.544. The highest BCUT2D eigenvalue weighted by atomic mass is 16.6. The van der Waals surface area contributed by atoms with Crippen molar-refractivity contribution in [2.45, 2.75) is 25.3 Å². The van der Waals surface area contributed by atoms with E-state index in [-0.39, 0.29) is 11.6 Å². The Morgan fingerprint density at radius 1 is 1.80 bits per heavy atom. The maximum atomic E-state index is 10.7. The van der Waals surface area contributed by atoms with E-state index in [0.29, 0.717) is 12.5 Å². The van der Waals surface area contributed by atoms with Gasteiger partial charge in [0.05, 0.1) is 6.61 Å². The third kappa shape index (κ3) is 0.632. The number of hydrogen-bond acceptors (Lipinski definition) is 2. The van der Waals surface area contributed by atoms with E-state index in [1.165, 1.54) is 6.42 Å². The minimum absolute atomic E-state index is 0.0648. The number of alkyl carbamates (subject to hydrolysis) is 1. The van der Waals surface area contributed by atoms with Crippen LogP contribution in [-0.4, -0.2) is 18.2 Å². The van der Waals surface area contributed by atoms with Gasteiger partial charge in [0.1, 0.15) is 0 Å². The summed E-state index contributed by atoms with van der Waals surface area (Å²) in [7, 11) is 0. The monoisotopic (exact) mass is 141 g/mol. The van der Waals surface area contributed by atoms with E-state index >= 15 is 0 Å². The molecule has 2 rings (SSSR count). The Kier molecular flexibility index (Phi) is 0.993. The predicted molar refractivity (Wildman–Crippen MR) is 35.6 cm³/mol. The van der Waals surface area contributed by atoms with Gasteiger partial charge in [0.15, 0.2) is 0 Å². The Labute approximate surface area is 59.7 Å². The first-order valence-corrected chi connectivity index (χ1v) is 3.66. The standard InChI is InChI=1S/C7H11NO2/c1-7-3-2-5(7)4-10-6(9)8-7/h5H,2-4H2,1H3,(H,8,9)/t5-,7-/m1/s1. The van der Waals surface area contributed by atoms with Gasteiger partial charge in [-0.25, -0.2) is 4.79 Å². The summed E-state index contributed by atoms with van der Waals surface area (Å²) < 4.78 is 4.83. The lowest BCUT2D eigenvalue weighted by atomic mass is 9.68. The smallest absolute Gasteiger partial charge is 0.407 e. The molecule has 0 radical (unpaired) electrons. The molecule has 1 aliphatic heterocycles. The van der Waals surface area contributed by atoms with Crippen molar-refractivity contribution in [1.82, 2.24) is 5.32 Å². The number of carbonyl (C=O) groups is 1. The molecule has 2 aliphatic rings. The summed E-state index contributed by atoms with van der Waals surface area (Å²) in [6.45, 7) is 2.70. The van der Waals surface area contributed by atoms with Crippen molar-refractivity contribution in [3.8, 4) is 0 Å². The maximum absolute atomic E-state index is 10.7. The van der Waals surface area contributed by atoms with E-state index in [2.05, 4.69) is 12.2 Å². The van der Waals surface area contributed by atoms with Gasteiger partial charge in [-0.15, -0.1) is 0 Å². The first-order chi connectivity index (χ1) is 4.71. The maximum Gasteiger partial charge on any atom is 0.407 e. The molecule has 1 heterocycles. The van der Waals surface area contributed by atoms with Gasteiger partial charge in [-0.1, -0.05) is 0 Å². The van der Waals surface area contributed by atoms with E-state index < -0.39 is 0 Å². The fourth-order valence-electron chi connectivity index (χ4n) is 1.66. The summed E-state index contributed by atoms with van der Waals surface area (Å²) in [5.74, 6) is 0.560. The topological polar surface area (TPSA) is 38.3 Å². The lowest BCUT2D eigenvalue weighted by Crippen LogP contribution is -2.63. The van der Waals surface area contributed by atoms with Crippen LogP contribution in [0.4, 0.5) is 4.79 Å². The van der Waals surface area contributed by atoms with E-state index in [0.717, 1.165) is 6.42 Å². The summed E-state index contributed by atoms with van der Waals surface area (Å²) in [4.78, 5) is 10.7. The van der Waals surface area contributed by atoms with Gasteiger partial charge in [-0.2, -0.15) is 0 Å². The van der Waals surface area contributed by atoms with Gasteiger partial charge in [-0.05, 0) is 19.8 Å². The molecule has 1 aliphatic carbocycles. The minimum Gasteiger partial charge on any atom is -0.449 e. The van der Waals surface area contributed by atoms with Crippen LogP contribution in [0.5, 0.6) is 0 Å². The third-order valence-electron chi connectivity index (χ3n) is 2.72. The lowest BCUT2D eigenvalue weighted by molar-refractivity contribution is -0.00852. The van der Waals surface area contributed by atoms with E-state index in [9.17, 15) is 4.79 Å². The highest BCUT2D eigenvalue weighted by Gasteiger charge is 2.47. The van der Waals surface area contributed by atoms with Gasteiger partial charge in [0, 0.05) is 11.5 Å². The first kappa shape index (κ1) is 6.01. The van der Waals surface area contributed by atoms with Gasteiger partial charge < -0.3 is 10.1 Å². The van der Waals surface area contributed by atoms with Crippen molar-refractivity contribution in [3.63, 3.8) is 0 Å². The van der Waals surface area contributed by atoms with Crippen molar-refractivity contribution < 1.29 is 9.53 Å². The molecule has 2 atom stereocenters. The highest BCUT2D eigenvalue weighted by molar-refractivity contribution is 5.69. The summed E-state index contributed by atoms with van der Waals surface area (Å²) in [5.41, 5.74) is 0.0648. The van der Waals surface area contributed by atoms with Crippen LogP contribution in [0, 0.1) is 5.92 Å². The summed E-state index contributed by atoms with van der Waals surface area (Å²) in [6, 6.07) is 0.